The fourth-order valence-corrected chi connectivity index (χ4v) is 4.14. The highest BCUT2D eigenvalue weighted by atomic mass is 19.3. The second-order valence-electron chi connectivity index (χ2n) is 9.41. The number of fused-ring (bicyclic) bond motifs is 1. The third kappa shape index (κ3) is 3.98. The molecule has 0 bridgehead atoms. The van der Waals surface area contributed by atoms with Crippen molar-refractivity contribution in [2.45, 2.75) is 63.4 Å². The van der Waals surface area contributed by atoms with Crippen LogP contribution in [0.2, 0.25) is 0 Å². The zero-order valence-corrected chi connectivity index (χ0v) is 18.3. The first-order valence-electron chi connectivity index (χ1n) is 10.6. The number of carbonyl (C=O) groups excluding carboxylic acids is 2. The number of benzene rings is 1. The largest absolute Gasteiger partial charge is 0.443 e. The fraction of sp³-hybridized carbons (Fsp3) is 0.458. The van der Waals surface area contributed by atoms with E-state index in [2.05, 4.69) is 4.98 Å². The van der Waals surface area contributed by atoms with Gasteiger partial charge in [-0.3, -0.25) is 14.7 Å². The minimum absolute atomic E-state index is 0.0133. The van der Waals surface area contributed by atoms with Crippen LogP contribution in [0.1, 0.15) is 50.6 Å². The average molecular weight is 446 g/mol. The van der Waals surface area contributed by atoms with Gasteiger partial charge < -0.3 is 4.74 Å². The molecule has 0 spiro atoms. The fourth-order valence-electron chi connectivity index (χ4n) is 4.14. The Balaban J connectivity index is 1.63. The molecule has 1 aliphatic carbocycles. The Morgan fingerprint density at radius 2 is 1.78 bits per heavy atom. The molecule has 2 heterocycles. The Hall–Kier alpha value is -2.90. The molecule has 0 radical (unpaired) electrons. The first kappa shape index (κ1) is 22.3. The summed E-state index contributed by atoms with van der Waals surface area (Å²) in [6.45, 7) is 5.74. The molecular formula is C24H25F3N2O3. The predicted octanol–water partition coefficient (Wildman–Crippen LogP) is 5.00. The molecule has 1 aromatic heterocycles. The minimum Gasteiger partial charge on any atom is -0.443 e. The Morgan fingerprint density at radius 1 is 1.12 bits per heavy atom. The van der Waals surface area contributed by atoms with E-state index in [-0.39, 0.29) is 12.1 Å². The molecule has 8 heteroatoms. The molecule has 1 aromatic carbocycles. The standard InChI is InChI=1S/C24H25F3N2O3/c1-22(2,3)32-21(31)29-12-4-5-17-18(29)10-11-19(28-17)23(14-24(23,26)27)20(30)13-15-6-8-16(25)9-7-15/h6-11H,4-5,12-14H2,1-3H3. The number of pyridine rings is 1. The van der Waals surface area contributed by atoms with E-state index in [4.69, 9.17) is 4.74 Å². The van der Waals surface area contributed by atoms with E-state index in [0.717, 1.165) is 0 Å². The Kier molecular flexibility index (Phi) is 5.30. The highest BCUT2D eigenvalue weighted by Gasteiger charge is 2.76. The molecule has 0 saturated heterocycles. The molecule has 1 aliphatic heterocycles. The number of anilines is 1. The molecule has 1 saturated carbocycles. The lowest BCUT2D eigenvalue weighted by Crippen LogP contribution is -2.40. The summed E-state index contributed by atoms with van der Waals surface area (Å²) in [5.41, 5.74) is -1.18. The van der Waals surface area contributed by atoms with Crippen molar-refractivity contribution in [1.29, 1.82) is 0 Å². The van der Waals surface area contributed by atoms with E-state index in [1.165, 1.54) is 35.2 Å². The van der Waals surface area contributed by atoms with E-state index in [9.17, 15) is 22.8 Å². The van der Waals surface area contributed by atoms with Gasteiger partial charge in [-0.25, -0.2) is 18.0 Å². The summed E-state index contributed by atoms with van der Waals surface area (Å²) in [6, 6.07) is 8.21. The van der Waals surface area contributed by atoms with E-state index in [1.54, 1.807) is 26.8 Å². The van der Waals surface area contributed by atoms with E-state index < -0.39 is 41.1 Å². The number of halogens is 3. The van der Waals surface area contributed by atoms with Gasteiger partial charge in [0.15, 0.2) is 5.78 Å². The molecule has 170 valence electrons. The molecule has 2 aliphatic rings. The monoisotopic (exact) mass is 446 g/mol. The lowest BCUT2D eigenvalue weighted by Gasteiger charge is -2.31. The van der Waals surface area contributed by atoms with Crippen molar-refractivity contribution < 1.29 is 27.5 Å². The van der Waals surface area contributed by atoms with Gasteiger partial charge in [-0.15, -0.1) is 0 Å². The summed E-state index contributed by atoms with van der Waals surface area (Å²) < 4.78 is 47.7. The highest BCUT2D eigenvalue weighted by Crippen LogP contribution is 2.62. The summed E-state index contributed by atoms with van der Waals surface area (Å²) in [6.07, 6.45) is -0.251. The quantitative estimate of drug-likeness (QED) is 0.664. The first-order valence-corrected chi connectivity index (χ1v) is 10.6. The number of alkyl halides is 2. The number of carbonyl (C=O) groups is 2. The summed E-state index contributed by atoms with van der Waals surface area (Å²) in [5.74, 6) is -4.31. The maximum absolute atomic E-state index is 14.6. The van der Waals surface area contributed by atoms with E-state index >= 15 is 0 Å². The van der Waals surface area contributed by atoms with Crippen molar-refractivity contribution in [3.05, 3.63) is 59.2 Å². The number of hydrogen-bond acceptors (Lipinski definition) is 4. The van der Waals surface area contributed by atoms with Crippen molar-refractivity contribution in [2.24, 2.45) is 0 Å². The van der Waals surface area contributed by atoms with Gasteiger partial charge in [0, 0.05) is 19.4 Å². The number of nitrogens with zero attached hydrogens (tertiary/aromatic N) is 2. The van der Waals surface area contributed by atoms with Crippen LogP contribution in [0.3, 0.4) is 0 Å². The second-order valence-corrected chi connectivity index (χ2v) is 9.41. The van der Waals surface area contributed by atoms with Gasteiger partial charge in [-0.2, -0.15) is 0 Å². The second kappa shape index (κ2) is 7.60. The summed E-state index contributed by atoms with van der Waals surface area (Å²) in [4.78, 5) is 31.5. The van der Waals surface area contributed by atoms with E-state index in [1.807, 2.05) is 0 Å². The molecule has 0 N–H and O–H groups in total. The van der Waals surface area contributed by atoms with Crippen LogP contribution in [0, 0.1) is 5.82 Å². The van der Waals surface area contributed by atoms with Gasteiger partial charge in [0.25, 0.3) is 5.92 Å². The van der Waals surface area contributed by atoms with Crippen LogP contribution in [-0.2, 0) is 27.8 Å². The maximum Gasteiger partial charge on any atom is 0.414 e. The highest BCUT2D eigenvalue weighted by molar-refractivity contribution is 5.96. The molecule has 1 amide bonds. The first-order chi connectivity index (χ1) is 14.9. The Labute approximate surface area is 184 Å². The zero-order chi connectivity index (χ0) is 23.3. The van der Waals surface area contributed by atoms with Crippen LogP contribution in [-0.4, -0.2) is 34.9 Å². The van der Waals surface area contributed by atoms with Gasteiger partial charge >= 0.3 is 6.09 Å². The van der Waals surface area contributed by atoms with Crippen LogP contribution < -0.4 is 4.90 Å². The SMILES string of the molecule is CC(C)(C)OC(=O)N1CCCc2nc(C3(C(=O)Cc4ccc(F)cc4)CC3(F)F)ccc21. The number of Topliss-reactive ketones (excluding diaryl/α,β-unsaturated/α-hetero) is 1. The normalized spacial score (nSPS) is 21.6. The molecule has 4 rings (SSSR count). The summed E-state index contributed by atoms with van der Waals surface area (Å²) >= 11 is 0. The van der Waals surface area contributed by atoms with Crippen LogP contribution in [0.25, 0.3) is 0 Å². The number of ketones is 1. The molecule has 2 aromatic rings. The molecule has 1 atom stereocenters. The third-order valence-corrected chi connectivity index (χ3v) is 5.83. The smallest absolute Gasteiger partial charge is 0.414 e. The van der Waals surface area contributed by atoms with Gasteiger partial charge in [-0.1, -0.05) is 12.1 Å². The zero-order valence-electron chi connectivity index (χ0n) is 18.3. The third-order valence-electron chi connectivity index (χ3n) is 5.83. The number of rotatable bonds is 4. The molecule has 5 nitrogen and oxygen atoms in total. The van der Waals surface area contributed by atoms with Gasteiger partial charge in [-0.05, 0) is 63.4 Å². The topological polar surface area (TPSA) is 59.5 Å². The van der Waals surface area contributed by atoms with Gasteiger partial charge in [0.05, 0.1) is 17.1 Å². The molecule has 1 unspecified atom stereocenters. The number of amides is 1. The number of ether oxygens (including phenoxy) is 1. The van der Waals surface area contributed by atoms with Crippen molar-refractivity contribution in [2.75, 3.05) is 11.4 Å². The van der Waals surface area contributed by atoms with Crippen molar-refractivity contribution in [3.8, 4) is 0 Å². The lowest BCUT2D eigenvalue weighted by atomic mass is 9.90. The molecule has 32 heavy (non-hydrogen) atoms. The molecular weight excluding hydrogens is 421 g/mol. The van der Waals surface area contributed by atoms with Crippen LogP contribution in [0.4, 0.5) is 23.7 Å². The lowest BCUT2D eigenvalue weighted by molar-refractivity contribution is -0.123. The van der Waals surface area contributed by atoms with E-state index in [0.29, 0.717) is 36.3 Å². The van der Waals surface area contributed by atoms with Crippen molar-refractivity contribution >= 4 is 17.6 Å². The summed E-state index contributed by atoms with van der Waals surface area (Å²) in [5, 5.41) is 0. The minimum atomic E-state index is -3.20. The van der Waals surface area contributed by atoms with Crippen molar-refractivity contribution in [3.63, 3.8) is 0 Å². The molecule has 1 fully saturated rings. The number of aryl methyl sites for hydroxylation is 1. The average Bonchev–Trinajstić information content (AvgIpc) is 3.31. The maximum atomic E-state index is 14.6. The summed E-state index contributed by atoms with van der Waals surface area (Å²) in [7, 11) is 0. The Morgan fingerprint density at radius 3 is 2.38 bits per heavy atom. The van der Waals surface area contributed by atoms with Crippen molar-refractivity contribution in [1.82, 2.24) is 4.98 Å². The van der Waals surface area contributed by atoms with Gasteiger partial charge in [0.1, 0.15) is 16.8 Å². The predicted molar refractivity (Wildman–Crippen MR) is 112 cm³/mol. The number of hydrogen-bond donors (Lipinski definition) is 0. The van der Waals surface area contributed by atoms with Gasteiger partial charge in [0.2, 0.25) is 0 Å². The Bertz CT molecular complexity index is 1060. The van der Waals surface area contributed by atoms with Crippen LogP contribution >= 0.6 is 0 Å². The van der Waals surface area contributed by atoms with Crippen LogP contribution in [0.5, 0.6) is 0 Å². The van der Waals surface area contributed by atoms with Crippen LogP contribution in [0.15, 0.2) is 36.4 Å². The number of aromatic nitrogens is 1.